The maximum Gasteiger partial charge on any atom is 0.407 e. The number of ether oxygens (including phenoxy) is 3. The summed E-state index contributed by atoms with van der Waals surface area (Å²) in [6.45, 7) is 10.1. The molecule has 4 N–H and O–H groups in total. The van der Waals surface area contributed by atoms with Crippen molar-refractivity contribution in [3.8, 4) is 33.6 Å². The predicted molar refractivity (Wildman–Crippen MR) is 242 cm³/mol. The lowest BCUT2D eigenvalue weighted by Gasteiger charge is -2.34. The van der Waals surface area contributed by atoms with E-state index >= 15 is 0 Å². The van der Waals surface area contributed by atoms with E-state index in [2.05, 4.69) is 82.2 Å². The Kier molecular flexibility index (Phi) is 12.7. The minimum atomic E-state index is -1.79. The summed E-state index contributed by atoms with van der Waals surface area (Å²) >= 11 is 0. The van der Waals surface area contributed by atoms with E-state index in [0.717, 1.165) is 74.9 Å². The van der Waals surface area contributed by atoms with Crippen molar-refractivity contribution in [3.05, 3.63) is 84.7 Å². The Morgan fingerprint density at radius 3 is 2.03 bits per heavy atom. The van der Waals surface area contributed by atoms with E-state index in [-0.39, 0.29) is 35.7 Å². The molecule has 0 bridgehead atoms. The zero-order valence-electron chi connectivity index (χ0n) is 36.9. The van der Waals surface area contributed by atoms with Gasteiger partial charge in [-0.2, -0.15) is 0 Å². The molecular formula is C47H58N8O7Si. The Hall–Kier alpha value is -6.00. The monoisotopic (exact) mass is 874 g/mol. The first-order chi connectivity index (χ1) is 30.3. The molecule has 0 aliphatic carbocycles. The van der Waals surface area contributed by atoms with Crippen molar-refractivity contribution in [1.82, 2.24) is 40.4 Å². The van der Waals surface area contributed by atoms with Crippen LogP contribution in [-0.2, 0) is 23.8 Å². The molecule has 4 atom stereocenters. The third-order valence-corrected chi connectivity index (χ3v) is 15.6. The topological polar surface area (TPSA) is 184 Å². The highest BCUT2D eigenvalue weighted by Gasteiger charge is 2.46. The molecule has 4 amide bonds. The Labute approximate surface area is 368 Å². The molecule has 2 aromatic heterocycles. The van der Waals surface area contributed by atoms with Crippen LogP contribution in [0.25, 0.3) is 44.4 Å². The number of nitrogens with zero attached hydrogens (tertiary/aromatic N) is 4. The van der Waals surface area contributed by atoms with Gasteiger partial charge in [-0.15, -0.1) is 0 Å². The smallest absolute Gasteiger partial charge is 0.407 e. The van der Waals surface area contributed by atoms with E-state index in [1.807, 2.05) is 48.2 Å². The van der Waals surface area contributed by atoms with Gasteiger partial charge in [-0.1, -0.05) is 87.6 Å². The van der Waals surface area contributed by atoms with Crippen molar-refractivity contribution in [1.29, 1.82) is 0 Å². The number of methoxy groups -OCH3 is 2. The lowest BCUT2D eigenvalue weighted by Crippen LogP contribution is -2.53. The fourth-order valence-electron chi connectivity index (χ4n) is 9.64. The van der Waals surface area contributed by atoms with Gasteiger partial charge in [0.15, 0.2) is 0 Å². The highest BCUT2D eigenvalue weighted by atomic mass is 28.3. The summed E-state index contributed by atoms with van der Waals surface area (Å²) in [4.78, 5) is 73.1. The molecule has 0 unspecified atom stereocenters. The van der Waals surface area contributed by atoms with Crippen LogP contribution >= 0.6 is 0 Å². The number of alkyl carbamates (subject to hydrolysis) is 2. The molecular weight excluding hydrogens is 817 g/mol. The van der Waals surface area contributed by atoms with Crippen molar-refractivity contribution in [2.24, 2.45) is 11.8 Å². The van der Waals surface area contributed by atoms with Crippen LogP contribution in [0.3, 0.4) is 0 Å². The minimum Gasteiger partial charge on any atom is -0.453 e. The normalized spacial score (nSPS) is 19.9. The molecule has 3 aliphatic rings. The van der Waals surface area contributed by atoms with E-state index in [1.54, 1.807) is 0 Å². The van der Waals surface area contributed by atoms with Crippen LogP contribution in [0.5, 0.6) is 0 Å². The molecule has 0 saturated carbocycles. The average Bonchev–Trinajstić information content (AvgIpc) is 4.13. The molecule has 3 aromatic carbocycles. The highest BCUT2D eigenvalue weighted by Crippen LogP contribution is 2.41. The fraction of sp³-hybridized carbons (Fsp3) is 0.447. The molecule has 332 valence electrons. The van der Waals surface area contributed by atoms with Gasteiger partial charge in [0.25, 0.3) is 0 Å². The second kappa shape index (κ2) is 18.4. The number of carbonyl (C=O) groups is 4. The van der Waals surface area contributed by atoms with E-state index < -0.39 is 32.3 Å². The van der Waals surface area contributed by atoms with Crippen molar-refractivity contribution >= 4 is 42.8 Å². The molecule has 15 nitrogen and oxygen atoms in total. The number of aromatic amines is 2. The number of rotatable bonds is 11. The maximum absolute atomic E-state index is 14.1. The third-order valence-electron chi connectivity index (χ3n) is 12.9. The van der Waals surface area contributed by atoms with Crippen LogP contribution in [0, 0.1) is 11.8 Å². The number of hydrogen-bond donors (Lipinski definition) is 4. The van der Waals surface area contributed by atoms with Gasteiger partial charge in [0, 0.05) is 31.5 Å². The standard InChI is InChI=1S/C47H58N8O7Si/c1-28(2)40(52-46(58)60-3)44(56)55-27-63(5,6)26-39(55)43-49-25-37(51-43)35-18-17-32(33-10-7-8-11-34(33)35)29-13-15-30(16-14-29)36-24-48-42(50-36)38-12-9-21-54(38)45(57)41(53-47(59)61-4)31-19-22-62-23-20-31/h7-8,10-11,13-18,24-25,28,31,38-41H,9,12,19-23,26-27H2,1-6H3,(H,48,50)(H,49,51)(H,52,58)(H,53,59)/t38-,39-,40-,41-/m0/s1. The molecule has 3 saturated heterocycles. The molecule has 63 heavy (non-hydrogen) atoms. The number of likely N-dealkylation sites (tertiary alicyclic amines) is 1. The maximum atomic E-state index is 14.1. The van der Waals surface area contributed by atoms with Crippen LogP contribution in [0.1, 0.15) is 63.3 Å². The molecule has 0 radical (unpaired) electrons. The van der Waals surface area contributed by atoms with Crippen molar-refractivity contribution in [2.45, 2.75) is 82.8 Å². The summed E-state index contributed by atoms with van der Waals surface area (Å²) < 4.78 is 15.3. The lowest BCUT2D eigenvalue weighted by atomic mass is 9.90. The molecule has 5 heterocycles. The van der Waals surface area contributed by atoms with E-state index in [4.69, 9.17) is 24.2 Å². The van der Waals surface area contributed by atoms with Gasteiger partial charge in [0.2, 0.25) is 11.8 Å². The number of benzene rings is 3. The minimum absolute atomic E-state index is 0.0347. The first kappa shape index (κ1) is 43.6. The quantitative estimate of drug-likeness (QED) is 0.0971. The summed E-state index contributed by atoms with van der Waals surface area (Å²) in [5, 5.41) is 7.74. The van der Waals surface area contributed by atoms with Gasteiger partial charge >= 0.3 is 12.2 Å². The second-order valence-electron chi connectivity index (χ2n) is 18.1. The van der Waals surface area contributed by atoms with Crippen LogP contribution in [0.15, 0.2) is 73.1 Å². The Morgan fingerprint density at radius 1 is 0.746 bits per heavy atom. The van der Waals surface area contributed by atoms with Crippen molar-refractivity contribution < 1.29 is 33.4 Å². The number of imidazole rings is 2. The molecule has 5 aromatic rings. The van der Waals surface area contributed by atoms with Crippen LogP contribution in [-0.4, -0.2) is 114 Å². The number of aromatic nitrogens is 4. The summed E-state index contributed by atoms with van der Waals surface area (Å²) in [7, 11) is 0.822. The van der Waals surface area contributed by atoms with Gasteiger partial charge in [-0.3, -0.25) is 9.59 Å². The zero-order valence-corrected chi connectivity index (χ0v) is 37.9. The highest BCUT2D eigenvalue weighted by molar-refractivity contribution is 6.78. The SMILES string of the molecule is COC(=O)N[C@H](C(=O)N1C[Si](C)(C)C[C@H]1c1ncc(-c2ccc(-c3ccc(-c4cnc([C@@H]5CCCN5C(=O)[C@@H](NC(=O)OC)C5CCOCC5)[nH]4)cc3)c3ccccc23)[nH]1)C(C)C. The lowest BCUT2D eigenvalue weighted by molar-refractivity contribution is -0.137. The van der Waals surface area contributed by atoms with Gasteiger partial charge in [-0.25, -0.2) is 19.6 Å². The second-order valence-corrected chi connectivity index (χ2v) is 23.2. The van der Waals surface area contributed by atoms with Gasteiger partial charge in [0.1, 0.15) is 23.7 Å². The number of nitrogens with one attached hydrogen (secondary N) is 4. The summed E-state index contributed by atoms with van der Waals surface area (Å²) in [6.07, 6.45) is 6.10. The first-order valence-corrected chi connectivity index (χ1v) is 25.4. The van der Waals surface area contributed by atoms with E-state index in [1.165, 1.54) is 14.2 Å². The molecule has 8 rings (SSSR count). The van der Waals surface area contributed by atoms with Gasteiger partial charge < -0.3 is 44.6 Å². The molecule has 3 fully saturated rings. The number of H-pyrrole nitrogens is 2. The number of carbonyl (C=O) groups excluding carboxylic acids is 4. The Balaban J connectivity index is 1.01. The largest absolute Gasteiger partial charge is 0.453 e. The number of hydrogen-bond acceptors (Lipinski definition) is 9. The van der Waals surface area contributed by atoms with Crippen LogP contribution in [0.2, 0.25) is 19.1 Å². The Morgan fingerprint density at radius 2 is 1.35 bits per heavy atom. The Bertz CT molecular complexity index is 2460. The van der Waals surface area contributed by atoms with Crippen molar-refractivity contribution in [2.75, 3.05) is 40.1 Å². The zero-order chi connectivity index (χ0) is 44.4. The van der Waals surface area contributed by atoms with E-state index in [0.29, 0.717) is 38.8 Å². The summed E-state index contributed by atoms with van der Waals surface area (Å²) in [5.41, 5.74) is 5.85. The number of fused-ring (bicyclic) bond motifs is 1. The van der Waals surface area contributed by atoms with Crippen LogP contribution in [0.4, 0.5) is 9.59 Å². The van der Waals surface area contributed by atoms with E-state index in [9.17, 15) is 19.2 Å². The molecule has 0 spiro atoms. The molecule has 16 heteroatoms. The third kappa shape index (κ3) is 9.09. The molecule has 3 aliphatic heterocycles. The average molecular weight is 875 g/mol. The summed E-state index contributed by atoms with van der Waals surface area (Å²) in [6, 6.07) is 20.0. The number of amides is 4. The van der Waals surface area contributed by atoms with Crippen molar-refractivity contribution in [3.63, 3.8) is 0 Å². The van der Waals surface area contributed by atoms with Gasteiger partial charge in [-0.05, 0) is 71.0 Å². The van der Waals surface area contributed by atoms with Gasteiger partial charge in [0.05, 0.1) is 58.2 Å². The van der Waals surface area contributed by atoms with Crippen LogP contribution < -0.4 is 10.6 Å². The summed E-state index contributed by atoms with van der Waals surface area (Å²) in [5.74, 6) is 1.07. The fourth-order valence-corrected chi connectivity index (χ4v) is 12.5. The first-order valence-electron chi connectivity index (χ1n) is 22.0. The predicted octanol–water partition coefficient (Wildman–Crippen LogP) is 7.61.